The third-order valence-electron chi connectivity index (χ3n) is 3.47. The molecule has 0 aliphatic heterocycles. The first kappa shape index (κ1) is 14.1. The average molecular weight is 273 g/mol. The molecule has 20 heavy (non-hydrogen) atoms. The molecule has 0 fully saturated rings. The molecule has 0 bridgehead atoms. The van der Waals surface area contributed by atoms with Crippen LogP contribution in [0.25, 0.3) is 0 Å². The summed E-state index contributed by atoms with van der Waals surface area (Å²) in [6.45, 7) is 4.51. The quantitative estimate of drug-likeness (QED) is 0.917. The van der Waals surface area contributed by atoms with Crippen LogP contribution in [0.4, 0.5) is 5.69 Å². The van der Waals surface area contributed by atoms with E-state index in [1.165, 1.54) is 23.2 Å². The van der Waals surface area contributed by atoms with Gasteiger partial charge in [-0.15, -0.1) is 0 Å². The van der Waals surface area contributed by atoms with Gasteiger partial charge in [0.1, 0.15) is 0 Å². The highest BCUT2D eigenvalue weighted by Crippen LogP contribution is 2.16. The minimum absolute atomic E-state index is 0.287. The monoisotopic (exact) mass is 273 g/mol. The molecule has 0 aliphatic rings. The van der Waals surface area contributed by atoms with E-state index >= 15 is 0 Å². The van der Waals surface area contributed by atoms with E-state index in [9.17, 15) is 9.59 Å². The topological polar surface area (TPSA) is 56.0 Å². The average Bonchev–Trinajstić information content (AvgIpc) is 2.40. The summed E-state index contributed by atoms with van der Waals surface area (Å²) in [7, 11) is 3.15. The van der Waals surface area contributed by atoms with Gasteiger partial charge in [-0.05, 0) is 25.5 Å². The van der Waals surface area contributed by atoms with Crippen molar-refractivity contribution in [2.24, 2.45) is 14.1 Å². The molecule has 1 N–H and O–H groups in total. The lowest BCUT2D eigenvalue weighted by Crippen LogP contribution is -2.38. The Labute approximate surface area is 117 Å². The van der Waals surface area contributed by atoms with Gasteiger partial charge in [-0.25, -0.2) is 4.79 Å². The van der Waals surface area contributed by atoms with E-state index in [1.807, 2.05) is 26.0 Å². The highest BCUT2D eigenvalue weighted by molar-refractivity contribution is 5.52. The molecule has 2 rings (SSSR count). The van der Waals surface area contributed by atoms with E-state index in [-0.39, 0.29) is 11.2 Å². The molecule has 0 saturated carbocycles. The summed E-state index contributed by atoms with van der Waals surface area (Å²) in [6, 6.07) is 7.60. The van der Waals surface area contributed by atoms with Crippen LogP contribution >= 0.6 is 0 Å². The number of hydrogen-bond acceptors (Lipinski definition) is 3. The maximum atomic E-state index is 11.8. The van der Waals surface area contributed by atoms with Crippen LogP contribution in [0, 0.1) is 13.8 Å². The van der Waals surface area contributed by atoms with Crippen molar-refractivity contribution in [3.05, 3.63) is 61.9 Å². The third kappa shape index (κ3) is 2.66. The van der Waals surface area contributed by atoms with Crippen molar-refractivity contribution >= 4 is 5.69 Å². The highest BCUT2D eigenvalue weighted by atomic mass is 16.2. The van der Waals surface area contributed by atoms with Gasteiger partial charge >= 0.3 is 5.69 Å². The zero-order valence-corrected chi connectivity index (χ0v) is 12.2. The molecule has 0 spiro atoms. The van der Waals surface area contributed by atoms with Crippen molar-refractivity contribution in [2.45, 2.75) is 20.4 Å². The van der Waals surface area contributed by atoms with Crippen LogP contribution in [0.15, 0.2) is 33.9 Å². The van der Waals surface area contributed by atoms with E-state index in [0.717, 1.165) is 15.8 Å². The molecule has 106 valence electrons. The molecule has 1 aromatic carbocycles. The Morgan fingerprint density at radius 1 is 1.05 bits per heavy atom. The van der Waals surface area contributed by atoms with Crippen molar-refractivity contribution in [1.29, 1.82) is 0 Å². The highest BCUT2D eigenvalue weighted by Gasteiger charge is 2.06. The minimum Gasteiger partial charge on any atom is -0.379 e. The number of aromatic nitrogens is 2. The second-order valence-corrected chi connectivity index (χ2v) is 5.05. The number of hydrogen-bond donors (Lipinski definition) is 1. The molecular weight excluding hydrogens is 254 g/mol. The largest absolute Gasteiger partial charge is 0.379 e. The lowest BCUT2D eigenvalue weighted by atomic mass is 10.1. The molecule has 2 aromatic rings. The fraction of sp³-hybridized carbons (Fsp3) is 0.333. The number of nitrogens with zero attached hydrogens (tertiary/aromatic N) is 2. The van der Waals surface area contributed by atoms with E-state index in [1.54, 1.807) is 7.05 Å². The number of aryl methyl sites for hydroxylation is 2. The Bertz CT molecular complexity index is 757. The van der Waals surface area contributed by atoms with E-state index in [2.05, 4.69) is 11.4 Å². The molecule has 0 unspecified atom stereocenters. The molecule has 1 heterocycles. The molecule has 5 heteroatoms. The summed E-state index contributed by atoms with van der Waals surface area (Å²) in [5.74, 6) is 0. The summed E-state index contributed by atoms with van der Waals surface area (Å²) in [6.07, 6.45) is 0. The van der Waals surface area contributed by atoms with Crippen LogP contribution in [0.2, 0.25) is 0 Å². The standard InChI is InChI=1S/C15H19N3O2/c1-10-5-6-13(11(2)7-10)16-9-12-8-14(19)18(4)15(20)17(12)3/h5-8,16H,9H2,1-4H3. The van der Waals surface area contributed by atoms with Gasteiger partial charge in [0, 0.05) is 31.5 Å². The van der Waals surface area contributed by atoms with Gasteiger partial charge in [0.15, 0.2) is 0 Å². The van der Waals surface area contributed by atoms with Crippen molar-refractivity contribution < 1.29 is 0 Å². The molecule has 0 amide bonds. The Morgan fingerprint density at radius 2 is 1.75 bits per heavy atom. The Hall–Kier alpha value is -2.30. The molecule has 1 aromatic heterocycles. The van der Waals surface area contributed by atoms with Crippen LogP contribution in [-0.2, 0) is 20.6 Å². The molecule has 0 saturated heterocycles. The van der Waals surface area contributed by atoms with Crippen molar-refractivity contribution in [1.82, 2.24) is 9.13 Å². The smallest absolute Gasteiger partial charge is 0.330 e. The van der Waals surface area contributed by atoms with Crippen LogP contribution in [0.3, 0.4) is 0 Å². The number of nitrogens with one attached hydrogen (secondary N) is 1. The van der Waals surface area contributed by atoms with Gasteiger partial charge in [0.25, 0.3) is 5.56 Å². The zero-order valence-electron chi connectivity index (χ0n) is 12.2. The van der Waals surface area contributed by atoms with E-state index in [4.69, 9.17) is 0 Å². The van der Waals surface area contributed by atoms with Crippen LogP contribution in [0.5, 0.6) is 0 Å². The number of rotatable bonds is 3. The first-order valence-electron chi connectivity index (χ1n) is 6.47. The van der Waals surface area contributed by atoms with Crippen LogP contribution < -0.4 is 16.6 Å². The number of anilines is 1. The summed E-state index contributed by atoms with van der Waals surface area (Å²) in [5.41, 5.74) is 3.41. The second kappa shape index (κ2) is 5.36. The Morgan fingerprint density at radius 3 is 2.40 bits per heavy atom. The lowest BCUT2D eigenvalue weighted by Gasteiger charge is -2.13. The maximum absolute atomic E-state index is 11.8. The predicted octanol–water partition coefficient (Wildman–Crippen LogP) is 1.31. The maximum Gasteiger partial charge on any atom is 0.330 e. The third-order valence-corrected chi connectivity index (χ3v) is 3.47. The van der Waals surface area contributed by atoms with Gasteiger partial charge in [-0.2, -0.15) is 0 Å². The van der Waals surface area contributed by atoms with Gasteiger partial charge in [-0.1, -0.05) is 17.7 Å². The fourth-order valence-corrected chi connectivity index (χ4v) is 2.15. The summed E-state index contributed by atoms with van der Waals surface area (Å²) in [4.78, 5) is 23.5. The molecule has 0 aliphatic carbocycles. The van der Waals surface area contributed by atoms with Crippen molar-refractivity contribution in [3.8, 4) is 0 Å². The second-order valence-electron chi connectivity index (χ2n) is 5.05. The molecule has 5 nitrogen and oxygen atoms in total. The molecule has 0 radical (unpaired) electrons. The molecular formula is C15H19N3O2. The first-order chi connectivity index (χ1) is 9.40. The van der Waals surface area contributed by atoms with E-state index in [0.29, 0.717) is 12.2 Å². The predicted molar refractivity (Wildman–Crippen MR) is 80.2 cm³/mol. The van der Waals surface area contributed by atoms with Crippen molar-refractivity contribution in [2.75, 3.05) is 5.32 Å². The van der Waals surface area contributed by atoms with E-state index < -0.39 is 0 Å². The zero-order chi connectivity index (χ0) is 14.9. The summed E-state index contributed by atoms with van der Waals surface area (Å²) in [5, 5.41) is 3.26. The van der Waals surface area contributed by atoms with Gasteiger partial charge in [-0.3, -0.25) is 13.9 Å². The Kier molecular flexibility index (Phi) is 3.79. The first-order valence-corrected chi connectivity index (χ1v) is 6.47. The van der Waals surface area contributed by atoms with Gasteiger partial charge < -0.3 is 5.32 Å². The Balaban J connectivity index is 2.28. The van der Waals surface area contributed by atoms with Crippen molar-refractivity contribution in [3.63, 3.8) is 0 Å². The fourth-order valence-electron chi connectivity index (χ4n) is 2.15. The number of benzene rings is 1. The normalized spacial score (nSPS) is 10.6. The molecule has 0 atom stereocenters. The summed E-state index contributed by atoms with van der Waals surface area (Å²) >= 11 is 0. The lowest BCUT2D eigenvalue weighted by molar-refractivity contribution is 0.655. The summed E-state index contributed by atoms with van der Waals surface area (Å²) < 4.78 is 2.58. The van der Waals surface area contributed by atoms with Gasteiger partial charge in [0.2, 0.25) is 0 Å². The van der Waals surface area contributed by atoms with Crippen LogP contribution in [-0.4, -0.2) is 9.13 Å². The SMILES string of the molecule is Cc1ccc(NCc2cc(=O)n(C)c(=O)n2C)c(C)c1. The van der Waals surface area contributed by atoms with Gasteiger partial charge in [0.05, 0.1) is 6.54 Å². The minimum atomic E-state index is -0.310. The van der Waals surface area contributed by atoms with Crippen LogP contribution in [0.1, 0.15) is 16.8 Å².